The standard InChI is InChI=1S/C12H19F2N3O2/c1-4-15-11-9(13)5-10(14)12(17-11)16-6-8(19-3)7-18-2/h5,8H,4,6-7H2,1-3H3,(H2,15,16,17). The number of hydrogen-bond donors (Lipinski definition) is 2. The third-order valence-corrected chi connectivity index (χ3v) is 2.46. The highest BCUT2D eigenvalue weighted by Crippen LogP contribution is 2.18. The number of anilines is 2. The smallest absolute Gasteiger partial charge is 0.168 e. The molecule has 19 heavy (non-hydrogen) atoms. The molecule has 0 amide bonds. The van der Waals surface area contributed by atoms with Crippen molar-refractivity contribution in [3.8, 4) is 0 Å². The van der Waals surface area contributed by atoms with Crippen LogP contribution in [0.25, 0.3) is 0 Å². The fourth-order valence-electron chi connectivity index (χ4n) is 1.49. The lowest BCUT2D eigenvalue weighted by Crippen LogP contribution is -2.27. The fourth-order valence-corrected chi connectivity index (χ4v) is 1.49. The summed E-state index contributed by atoms with van der Waals surface area (Å²) in [6.45, 7) is 2.98. The highest BCUT2D eigenvalue weighted by molar-refractivity contribution is 5.47. The third-order valence-electron chi connectivity index (χ3n) is 2.46. The van der Waals surface area contributed by atoms with Crippen LogP contribution in [0.5, 0.6) is 0 Å². The largest absolute Gasteiger partial charge is 0.382 e. The van der Waals surface area contributed by atoms with Gasteiger partial charge in [-0.1, -0.05) is 0 Å². The van der Waals surface area contributed by atoms with E-state index in [9.17, 15) is 8.78 Å². The molecule has 0 aliphatic carbocycles. The molecule has 1 rings (SSSR count). The Kier molecular flexibility index (Phi) is 6.44. The number of methoxy groups -OCH3 is 2. The quantitative estimate of drug-likeness (QED) is 0.758. The molecule has 1 heterocycles. The van der Waals surface area contributed by atoms with Crippen LogP contribution in [0.1, 0.15) is 6.92 Å². The Morgan fingerprint density at radius 3 is 2.37 bits per heavy atom. The van der Waals surface area contributed by atoms with Crippen molar-refractivity contribution in [2.45, 2.75) is 13.0 Å². The molecule has 1 atom stereocenters. The molecule has 0 aliphatic heterocycles. The predicted octanol–water partition coefficient (Wildman–Crippen LogP) is 1.86. The number of rotatable bonds is 8. The normalized spacial score (nSPS) is 12.3. The summed E-state index contributed by atoms with van der Waals surface area (Å²) in [5.74, 6) is -1.46. The summed E-state index contributed by atoms with van der Waals surface area (Å²) in [5, 5.41) is 5.50. The van der Waals surface area contributed by atoms with Crippen molar-refractivity contribution in [3.63, 3.8) is 0 Å². The Morgan fingerprint density at radius 2 is 1.84 bits per heavy atom. The van der Waals surface area contributed by atoms with Gasteiger partial charge in [-0.3, -0.25) is 0 Å². The van der Waals surface area contributed by atoms with Crippen molar-refractivity contribution in [1.29, 1.82) is 0 Å². The van der Waals surface area contributed by atoms with Crippen LogP contribution in [0.4, 0.5) is 20.4 Å². The summed E-state index contributed by atoms with van der Waals surface area (Å²) in [6.07, 6.45) is -0.237. The Morgan fingerprint density at radius 1 is 1.21 bits per heavy atom. The summed E-state index contributed by atoms with van der Waals surface area (Å²) >= 11 is 0. The average Bonchev–Trinajstić information content (AvgIpc) is 2.39. The highest BCUT2D eigenvalue weighted by atomic mass is 19.1. The number of nitrogens with zero attached hydrogens (tertiary/aromatic N) is 1. The molecule has 0 bridgehead atoms. The summed E-state index contributed by atoms with van der Waals surface area (Å²) in [4.78, 5) is 3.86. The van der Waals surface area contributed by atoms with Crippen LogP contribution in [0.15, 0.2) is 6.07 Å². The molecule has 0 aromatic carbocycles. The molecular weight excluding hydrogens is 256 g/mol. The van der Waals surface area contributed by atoms with E-state index in [2.05, 4.69) is 15.6 Å². The van der Waals surface area contributed by atoms with Crippen LogP contribution < -0.4 is 10.6 Å². The molecular formula is C12H19F2N3O2. The van der Waals surface area contributed by atoms with Gasteiger partial charge in [-0.05, 0) is 6.92 Å². The fraction of sp³-hybridized carbons (Fsp3) is 0.583. The van der Waals surface area contributed by atoms with Crippen LogP contribution in [-0.2, 0) is 9.47 Å². The van der Waals surface area contributed by atoms with Crippen molar-refractivity contribution in [2.75, 3.05) is 44.5 Å². The molecule has 0 spiro atoms. The van der Waals surface area contributed by atoms with E-state index in [1.54, 1.807) is 14.0 Å². The minimum absolute atomic E-state index is 0.0181. The van der Waals surface area contributed by atoms with Gasteiger partial charge in [0.15, 0.2) is 23.3 Å². The number of aromatic nitrogens is 1. The Labute approximate surface area is 111 Å². The number of halogens is 2. The molecule has 0 radical (unpaired) electrons. The predicted molar refractivity (Wildman–Crippen MR) is 69.5 cm³/mol. The van der Waals surface area contributed by atoms with Crippen LogP contribution in [0, 0.1) is 11.6 Å². The van der Waals surface area contributed by atoms with Crippen molar-refractivity contribution >= 4 is 11.6 Å². The van der Waals surface area contributed by atoms with E-state index in [1.165, 1.54) is 7.11 Å². The summed E-state index contributed by atoms with van der Waals surface area (Å²) < 4.78 is 37.0. The molecule has 108 valence electrons. The first-order valence-electron chi connectivity index (χ1n) is 5.97. The van der Waals surface area contributed by atoms with Gasteiger partial charge in [-0.2, -0.15) is 0 Å². The number of ether oxygens (including phenoxy) is 2. The van der Waals surface area contributed by atoms with Crippen molar-refractivity contribution < 1.29 is 18.3 Å². The molecule has 0 aliphatic rings. The van der Waals surface area contributed by atoms with Gasteiger partial charge in [0.25, 0.3) is 0 Å². The molecule has 7 heteroatoms. The first-order valence-corrected chi connectivity index (χ1v) is 5.97. The summed E-state index contributed by atoms with van der Waals surface area (Å²) in [5.41, 5.74) is 0. The lowest BCUT2D eigenvalue weighted by Gasteiger charge is -2.16. The second kappa shape index (κ2) is 7.85. The molecule has 1 aromatic rings. The first-order chi connectivity index (χ1) is 9.12. The van der Waals surface area contributed by atoms with E-state index < -0.39 is 11.6 Å². The highest BCUT2D eigenvalue weighted by Gasteiger charge is 2.13. The Bertz CT molecular complexity index is 405. The lowest BCUT2D eigenvalue weighted by molar-refractivity contribution is 0.0365. The van der Waals surface area contributed by atoms with Gasteiger partial charge in [0.2, 0.25) is 0 Å². The van der Waals surface area contributed by atoms with Gasteiger partial charge < -0.3 is 20.1 Å². The monoisotopic (exact) mass is 275 g/mol. The zero-order valence-electron chi connectivity index (χ0n) is 11.3. The van der Waals surface area contributed by atoms with Crippen molar-refractivity contribution in [3.05, 3.63) is 17.7 Å². The lowest BCUT2D eigenvalue weighted by atomic mass is 10.3. The number of nitrogens with one attached hydrogen (secondary N) is 2. The maximum Gasteiger partial charge on any atom is 0.168 e. The molecule has 0 fully saturated rings. The van der Waals surface area contributed by atoms with E-state index in [-0.39, 0.29) is 17.7 Å². The van der Waals surface area contributed by atoms with Gasteiger partial charge >= 0.3 is 0 Å². The maximum atomic E-state index is 13.5. The van der Waals surface area contributed by atoms with Gasteiger partial charge in [0.1, 0.15) is 0 Å². The average molecular weight is 275 g/mol. The second-order valence-electron chi connectivity index (χ2n) is 3.87. The van der Waals surface area contributed by atoms with Gasteiger partial charge in [0.05, 0.1) is 12.7 Å². The molecule has 5 nitrogen and oxygen atoms in total. The minimum Gasteiger partial charge on any atom is -0.382 e. The molecule has 0 saturated heterocycles. The minimum atomic E-state index is -0.744. The second-order valence-corrected chi connectivity index (χ2v) is 3.87. The van der Waals surface area contributed by atoms with Crippen LogP contribution in [0.3, 0.4) is 0 Å². The van der Waals surface area contributed by atoms with Crippen molar-refractivity contribution in [1.82, 2.24) is 4.98 Å². The molecule has 0 saturated carbocycles. The molecule has 1 unspecified atom stereocenters. The van der Waals surface area contributed by atoms with Crippen molar-refractivity contribution in [2.24, 2.45) is 0 Å². The van der Waals surface area contributed by atoms with E-state index in [0.29, 0.717) is 19.7 Å². The Balaban J connectivity index is 2.74. The number of pyridine rings is 1. The summed E-state index contributed by atoms with van der Waals surface area (Å²) in [6, 6.07) is 0.797. The van der Waals surface area contributed by atoms with Gasteiger partial charge in [0, 0.05) is 33.4 Å². The molecule has 2 N–H and O–H groups in total. The topological polar surface area (TPSA) is 55.4 Å². The van der Waals surface area contributed by atoms with Gasteiger partial charge in [-0.25, -0.2) is 13.8 Å². The zero-order valence-corrected chi connectivity index (χ0v) is 11.3. The molecule has 1 aromatic heterocycles. The van der Waals surface area contributed by atoms with E-state index in [4.69, 9.17) is 9.47 Å². The van der Waals surface area contributed by atoms with E-state index in [1.807, 2.05) is 0 Å². The first kappa shape index (κ1) is 15.6. The van der Waals surface area contributed by atoms with E-state index in [0.717, 1.165) is 6.07 Å². The third kappa shape index (κ3) is 4.60. The van der Waals surface area contributed by atoms with Crippen LogP contribution in [-0.4, -0.2) is 45.0 Å². The SMILES string of the molecule is CCNc1nc(NCC(COC)OC)c(F)cc1F. The van der Waals surface area contributed by atoms with E-state index >= 15 is 0 Å². The zero-order chi connectivity index (χ0) is 14.3. The summed E-state index contributed by atoms with van der Waals surface area (Å²) in [7, 11) is 3.08. The van der Waals surface area contributed by atoms with Crippen LogP contribution in [0.2, 0.25) is 0 Å². The van der Waals surface area contributed by atoms with Crippen LogP contribution >= 0.6 is 0 Å². The maximum absolute atomic E-state index is 13.5. The van der Waals surface area contributed by atoms with Gasteiger partial charge in [-0.15, -0.1) is 0 Å². The Hall–Kier alpha value is -1.47. The number of hydrogen-bond acceptors (Lipinski definition) is 5.